The SMILES string of the molecule is Cc1cccc(NC(=O)[C@H](C)N(C)Cc2ccsc2)c1. The first-order chi connectivity index (χ1) is 9.56. The Morgan fingerprint density at radius 2 is 2.20 bits per heavy atom. The van der Waals surface area contributed by atoms with E-state index in [0.717, 1.165) is 17.8 Å². The molecule has 0 aliphatic heterocycles. The van der Waals surface area contributed by atoms with Crippen LogP contribution in [0.4, 0.5) is 5.69 Å². The second kappa shape index (κ2) is 6.68. The third-order valence-corrected chi connectivity index (χ3v) is 4.07. The summed E-state index contributed by atoms with van der Waals surface area (Å²) < 4.78 is 0. The van der Waals surface area contributed by atoms with Gasteiger partial charge in [0.2, 0.25) is 5.91 Å². The first kappa shape index (κ1) is 14.8. The number of amides is 1. The molecule has 0 saturated carbocycles. The van der Waals surface area contributed by atoms with Gasteiger partial charge in [0.15, 0.2) is 0 Å². The summed E-state index contributed by atoms with van der Waals surface area (Å²) in [5.41, 5.74) is 3.24. The molecule has 0 saturated heterocycles. The van der Waals surface area contributed by atoms with Crippen LogP contribution in [0.1, 0.15) is 18.1 Å². The summed E-state index contributed by atoms with van der Waals surface area (Å²) in [6, 6.07) is 9.77. The lowest BCUT2D eigenvalue weighted by atomic mass is 10.2. The minimum Gasteiger partial charge on any atom is -0.325 e. The fraction of sp³-hybridized carbons (Fsp3) is 0.312. The Bertz CT molecular complexity index is 566. The summed E-state index contributed by atoms with van der Waals surface area (Å²) >= 11 is 1.68. The Morgan fingerprint density at radius 1 is 1.40 bits per heavy atom. The maximum absolute atomic E-state index is 12.2. The second-order valence-electron chi connectivity index (χ2n) is 5.08. The van der Waals surface area contributed by atoms with Crippen molar-refractivity contribution in [3.8, 4) is 0 Å². The van der Waals surface area contributed by atoms with Crippen LogP contribution in [0.15, 0.2) is 41.1 Å². The molecule has 1 N–H and O–H groups in total. The predicted molar refractivity (Wildman–Crippen MR) is 85.1 cm³/mol. The van der Waals surface area contributed by atoms with Crippen LogP contribution >= 0.6 is 11.3 Å². The smallest absolute Gasteiger partial charge is 0.241 e. The molecule has 0 unspecified atom stereocenters. The van der Waals surface area contributed by atoms with Crippen molar-refractivity contribution in [2.75, 3.05) is 12.4 Å². The van der Waals surface area contributed by atoms with E-state index in [1.165, 1.54) is 5.56 Å². The Hall–Kier alpha value is -1.65. The van der Waals surface area contributed by atoms with Crippen molar-refractivity contribution in [3.63, 3.8) is 0 Å². The molecule has 1 atom stereocenters. The third-order valence-electron chi connectivity index (χ3n) is 3.34. The quantitative estimate of drug-likeness (QED) is 0.913. The molecule has 106 valence electrons. The Labute approximate surface area is 124 Å². The number of nitrogens with zero attached hydrogens (tertiary/aromatic N) is 1. The molecule has 0 aliphatic carbocycles. The summed E-state index contributed by atoms with van der Waals surface area (Å²) in [5.74, 6) is 0.0216. The lowest BCUT2D eigenvalue weighted by Gasteiger charge is -2.23. The molecule has 0 fully saturated rings. The maximum atomic E-state index is 12.2. The van der Waals surface area contributed by atoms with Crippen molar-refractivity contribution >= 4 is 22.9 Å². The van der Waals surface area contributed by atoms with Crippen molar-refractivity contribution in [1.29, 1.82) is 0 Å². The number of nitrogens with one attached hydrogen (secondary N) is 1. The van der Waals surface area contributed by atoms with Gasteiger partial charge in [0.1, 0.15) is 0 Å². The molecule has 1 amide bonds. The summed E-state index contributed by atoms with van der Waals surface area (Å²) in [6.07, 6.45) is 0. The first-order valence-corrected chi connectivity index (χ1v) is 7.59. The van der Waals surface area contributed by atoms with Crippen LogP contribution in [0.3, 0.4) is 0 Å². The van der Waals surface area contributed by atoms with E-state index < -0.39 is 0 Å². The lowest BCUT2D eigenvalue weighted by Crippen LogP contribution is -2.39. The molecule has 4 heteroatoms. The predicted octanol–water partition coefficient (Wildman–Crippen LogP) is 3.52. The van der Waals surface area contributed by atoms with Crippen LogP contribution < -0.4 is 5.32 Å². The third kappa shape index (κ3) is 3.92. The number of rotatable bonds is 5. The zero-order chi connectivity index (χ0) is 14.5. The van der Waals surface area contributed by atoms with E-state index in [0.29, 0.717) is 0 Å². The number of anilines is 1. The van der Waals surface area contributed by atoms with E-state index >= 15 is 0 Å². The van der Waals surface area contributed by atoms with Gasteiger partial charge in [-0.25, -0.2) is 0 Å². The van der Waals surface area contributed by atoms with Crippen LogP contribution in [-0.2, 0) is 11.3 Å². The van der Waals surface area contributed by atoms with Crippen molar-refractivity contribution in [3.05, 3.63) is 52.2 Å². The number of hydrogen-bond donors (Lipinski definition) is 1. The Balaban J connectivity index is 1.94. The fourth-order valence-electron chi connectivity index (χ4n) is 1.98. The standard InChI is InChI=1S/C16H20N2OS/c1-12-5-4-6-15(9-12)17-16(19)13(2)18(3)10-14-7-8-20-11-14/h4-9,11,13H,10H2,1-3H3,(H,17,19)/t13-/m0/s1. The fourth-order valence-corrected chi connectivity index (χ4v) is 2.64. The molecule has 0 bridgehead atoms. The van der Waals surface area contributed by atoms with Gasteiger partial charge >= 0.3 is 0 Å². The number of carbonyl (C=O) groups is 1. The van der Waals surface area contributed by atoms with Crippen LogP contribution in [0.5, 0.6) is 0 Å². The molecule has 1 heterocycles. The number of aryl methyl sites for hydroxylation is 1. The summed E-state index contributed by atoms with van der Waals surface area (Å²) in [4.78, 5) is 14.3. The summed E-state index contributed by atoms with van der Waals surface area (Å²) in [5, 5.41) is 7.13. The summed E-state index contributed by atoms with van der Waals surface area (Å²) in [7, 11) is 1.97. The summed E-state index contributed by atoms with van der Waals surface area (Å²) in [6.45, 7) is 4.73. The van der Waals surface area contributed by atoms with Crippen molar-refractivity contribution < 1.29 is 4.79 Å². The molecule has 1 aromatic carbocycles. The van der Waals surface area contributed by atoms with Gasteiger partial charge in [-0.15, -0.1) is 0 Å². The highest BCUT2D eigenvalue weighted by molar-refractivity contribution is 7.07. The molecule has 2 aromatic rings. The van der Waals surface area contributed by atoms with E-state index in [2.05, 4.69) is 22.1 Å². The van der Waals surface area contributed by atoms with Crippen molar-refractivity contribution in [2.45, 2.75) is 26.4 Å². The Morgan fingerprint density at radius 3 is 2.85 bits per heavy atom. The molecule has 2 rings (SSSR count). The number of benzene rings is 1. The largest absolute Gasteiger partial charge is 0.325 e. The molecule has 1 aromatic heterocycles. The van der Waals surface area contributed by atoms with Gasteiger partial charge in [0, 0.05) is 12.2 Å². The number of thiophene rings is 1. The highest BCUT2D eigenvalue weighted by Crippen LogP contribution is 2.13. The van der Waals surface area contributed by atoms with Gasteiger partial charge in [-0.3, -0.25) is 9.69 Å². The normalized spacial score (nSPS) is 12.4. The van der Waals surface area contributed by atoms with E-state index in [4.69, 9.17) is 0 Å². The topological polar surface area (TPSA) is 32.3 Å². The monoisotopic (exact) mass is 288 g/mol. The average Bonchev–Trinajstić information content (AvgIpc) is 2.90. The van der Waals surface area contributed by atoms with Crippen LogP contribution in [0.25, 0.3) is 0 Å². The first-order valence-electron chi connectivity index (χ1n) is 6.65. The van der Waals surface area contributed by atoms with E-state index in [1.54, 1.807) is 11.3 Å². The molecule has 0 spiro atoms. The van der Waals surface area contributed by atoms with Crippen molar-refractivity contribution in [2.24, 2.45) is 0 Å². The van der Waals surface area contributed by atoms with E-state index in [-0.39, 0.29) is 11.9 Å². The minimum absolute atomic E-state index is 0.0216. The zero-order valence-electron chi connectivity index (χ0n) is 12.1. The highest BCUT2D eigenvalue weighted by Gasteiger charge is 2.18. The lowest BCUT2D eigenvalue weighted by molar-refractivity contribution is -0.120. The van der Waals surface area contributed by atoms with Gasteiger partial charge in [-0.2, -0.15) is 11.3 Å². The van der Waals surface area contributed by atoms with Gasteiger partial charge in [-0.1, -0.05) is 12.1 Å². The molecular formula is C16H20N2OS. The van der Waals surface area contributed by atoms with Crippen LogP contribution in [0, 0.1) is 6.92 Å². The molecular weight excluding hydrogens is 268 g/mol. The molecule has 3 nitrogen and oxygen atoms in total. The van der Waals surface area contributed by atoms with Gasteiger partial charge in [-0.05, 0) is 61.0 Å². The zero-order valence-corrected chi connectivity index (χ0v) is 12.9. The second-order valence-corrected chi connectivity index (χ2v) is 5.86. The van der Waals surface area contributed by atoms with Gasteiger partial charge in [0.05, 0.1) is 6.04 Å². The minimum atomic E-state index is -0.171. The van der Waals surface area contributed by atoms with Gasteiger partial charge in [0.25, 0.3) is 0 Å². The van der Waals surface area contributed by atoms with Crippen molar-refractivity contribution in [1.82, 2.24) is 4.90 Å². The molecule has 0 aliphatic rings. The number of carbonyl (C=O) groups excluding carboxylic acids is 1. The molecule has 0 radical (unpaired) electrons. The maximum Gasteiger partial charge on any atom is 0.241 e. The van der Waals surface area contributed by atoms with E-state index in [9.17, 15) is 4.79 Å². The van der Waals surface area contributed by atoms with E-state index in [1.807, 2.05) is 50.1 Å². The highest BCUT2D eigenvalue weighted by atomic mass is 32.1. The van der Waals surface area contributed by atoms with Crippen LogP contribution in [0.2, 0.25) is 0 Å². The van der Waals surface area contributed by atoms with Gasteiger partial charge < -0.3 is 5.32 Å². The van der Waals surface area contributed by atoms with Crippen LogP contribution in [-0.4, -0.2) is 23.9 Å². The number of hydrogen-bond acceptors (Lipinski definition) is 3. The number of likely N-dealkylation sites (N-methyl/N-ethyl adjacent to an activating group) is 1. The molecule has 20 heavy (non-hydrogen) atoms. The average molecular weight is 288 g/mol. The Kier molecular flexibility index (Phi) is 4.93.